The fourth-order valence-corrected chi connectivity index (χ4v) is 0.208. The van der Waals surface area contributed by atoms with Gasteiger partial charge in [0, 0.05) is 0 Å². The van der Waals surface area contributed by atoms with Crippen molar-refractivity contribution in [3.05, 3.63) is 0 Å². The Labute approximate surface area is 59.2 Å². The molecule has 0 fully saturated rings. The molecular formula is C8H4O2. The van der Waals surface area contributed by atoms with E-state index in [4.69, 9.17) is 11.5 Å². The zero-order valence-corrected chi connectivity index (χ0v) is 5.14. The van der Waals surface area contributed by atoms with E-state index in [0.29, 0.717) is 0 Å². The zero-order valence-electron chi connectivity index (χ0n) is 5.14. The molecule has 0 amide bonds. The Balaban J connectivity index is 3.96. The smallest absolute Gasteiger partial charge is 0.231 e. The molecule has 1 N–H and O–H groups in total. The van der Waals surface area contributed by atoms with Crippen molar-refractivity contribution in [2.45, 2.75) is 0 Å². The number of aliphatic hydroxyl groups is 1. The Morgan fingerprint density at radius 2 is 2.10 bits per heavy atom. The highest BCUT2D eigenvalue weighted by molar-refractivity contribution is 5.96. The normalized spacial score (nSPS) is 5.60. The highest BCUT2D eigenvalue weighted by Gasteiger charge is 1.86. The van der Waals surface area contributed by atoms with E-state index in [9.17, 15) is 4.79 Å². The Morgan fingerprint density at radius 3 is 2.60 bits per heavy atom. The van der Waals surface area contributed by atoms with Crippen LogP contribution in [0.5, 0.6) is 0 Å². The van der Waals surface area contributed by atoms with E-state index in [1.54, 1.807) is 0 Å². The molecule has 0 aromatic heterocycles. The molecule has 0 spiro atoms. The first kappa shape index (κ1) is 8.31. The van der Waals surface area contributed by atoms with E-state index in [-0.39, 0.29) is 0 Å². The molecule has 0 saturated carbocycles. The Bertz CT molecular complexity index is 272. The number of hydrogen-bond donors (Lipinski definition) is 1. The fraction of sp³-hybridized carbons (Fsp3) is 0.125. The van der Waals surface area contributed by atoms with Crippen molar-refractivity contribution in [1.82, 2.24) is 0 Å². The molecule has 2 heteroatoms. The highest BCUT2D eigenvalue weighted by Crippen LogP contribution is 1.62. The summed E-state index contributed by atoms with van der Waals surface area (Å²) in [6.07, 6.45) is 4.75. The molecule has 48 valence electrons. The molecule has 0 saturated heterocycles. The monoisotopic (exact) mass is 132 g/mol. The van der Waals surface area contributed by atoms with Gasteiger partial charge in [0.25, 0.3) is 0 Å². The van der Waals surface area contributed by atoms with Crippen molar-refractivity contribution in [1.29, 1.82) is 0 Å². The Kier molecular flexibility index (Phi) is 4.53. The molecule has 0 bridgehead atoms. The number of ketones is 1. The van der Waals surface area contributed by atoms with Gasteiger partial charge in [-0.1, -0.05) is 0 Å². The van der Waals surface area contributed by atoms with Crippen molar-refractivity contribution < 1.29 is 9.90 Å². The van der Waals surface area contributed by atoms with E-state index in [1.807, 2.05) is 5.92 Å². The minimum atomic E-state index is -0.579. The van der Waals surface area contributed by atoms with E-state index in [1.165, 1.54) is 0 Å². The maximum atomic E-state index is 10.2. The first-order chi connectivity index (χ1) is 4.81. The lowest BCUT2D eigenvalue weighted by atomic mass is 10.4. The van der Waals surface area contributed by atoms with Crippen LogP contribution in [0.15, 0.2) is 0 Å². The van der Waals surface area contributed by atoms with Gasteiger partial charge in [-0.05, 0) is 29.6 Å². The minimum Gasteiger partial charge on any atom is -0.387 e. The summed E-state index contributed by atoms with van der Waals surface area (Å²) in [6.45, 7) is -0.579. The SMILES string of the molecule is C#CC#CC#CC(=O)CO. The molecule has 0 aromatic carbocycles. The van der Waals surface area contributed by atoms with Gasteiger partial charge in [-0.2, -0.15) is 0 Å². The molecule has 0 radical (unpaired) electrons. The van der Waals surface area contributed by atoms with Gasteiger partial charge in [-0.3, -0.25) is 4.79 Å². The van der Waals surface area contributed by atoms with Gasteiger partial charge in [-0.25, -0.2) is 0 Å². The summed E-state index contributed by atoms with van der Waals surface area (Å²) in [5.74, 6) is 10.1. The number of rotatable bonds is 1. The van der Waals surface area contributed by atoms with Gasteiger partial charge in [0.1, 0.15) is 6.61 Å². The third-order valence-corrected chi connectivity index (χ3v) is 0.543. The van der Waals surface area contributed by atoms with Crippen molar-refractivity contribution in [2.24, 2.45) is 0 Å². The second-order valence-electron chi connectivity index (χ2n) is 1.23. The molecule has 0 heterocycles. The topological polar surface area (TPSA) is 37.3 Å². The van der Waals surface area contributed by atoms with Crippen LogP contribution in [0, 0.1) is 36.0 Å². The average molecular weight is 132 g/mol. The molecule has 0 unspecified atom stereocenters. The average Bonchev–Trinajstić information content (AvgIpc) is 1.98. The number of carbonyl (C=O) groups is 1. The lowest BCUT2D eigenvalue weighted by molar-refractivity contribution is -0.116. The van der Waals surface area contributed by atoms with Gasteiger partial charge in [0.05, 0.1) is 0 Å². The molecule has 2 nitrogen and oxygen atoms in total. The summed E-state index contributed by atoms with van der Waals surface area (Å²) < 4.78 is 0. The number of carbonyl (C=O) groups excluding carboxylic acids is 1. The summed E-state index contributed by atoms with van der Waals surface area (Å²) in [5.41, 5.74) is 0. The number of hydrogen-bond acceptors (Lipinski definition) is 2. The van der Waals surface area contributed by atoms with Crippen molar-refractivity contribution in [3.8, 4) is 36.0 Å². The van der Waals surface area contributed by atoms with Gasteiger partial charge in [0.2, 0.25) is 5.78 Å². The second-order valence-corrected chi connectivity index (χ2v) is 1.23. The molecule has 0 aromatic rings. The van der Waals surface area contributed by atoms with Crippen LogP contribution in [0.25, 0.3) is 0 Å². The van der Waals surface area contributed by atoms with Crippen molar-refractivity contribution in [2.75, 3.05) is 6.61 Å². The highest BCUT2D eigenvalue weighted by atomic mass is 16.3. The Morgan fingerprint density at radius 1 is 1.40 bits per heavy atom. The van der Waals surface area contributed by atoms with E-state index >= 15 is 0 Å². The summed E-state index contributed by atoms with van der Waals surface area (Å²) in [4.78, 5) is 10.2. The lowest BCUT2D eigenvalue weighted by Gasteiger charge is -1.73. The molecule has 0 aliphatic rings. The van der Waals surface area contributed by atoms with Gasteiger partial charge < -0.3 is 5.11 Å². The maximum absolute atomic E-state index is 10.2. The molecule has 10 heavy (non-hydrogen) atoms. The van der Waals surface area contributed by atoms with Gasteiger partial charge in [0.15, 0.2) is 0 Å². The summed E-state index contributed by atoms with van der Waals surface area (Å²) in [5, 5.41) is 8.15. The van der Waals surface area contributed by atoms with E-state index in [0.717, 1.165) is 0 Å². The predicted octanol–water partition coefficient (Wildman–Crippen LogP) is -0.812. The van der Waals surface area contributed by atoms with Crippen LogP contribution in [-0.4, -0.2) is 17.5 Å². The summed E-state index contributed by atoms with van der Waals surface area (Å²) >= 11 is 0. The minimum absolute atomic E-state index is 0.564. The van der Waals surface area contributed by atoms with Crippen LogP contribution in [0.3, 0.4) is 0 Å². The van der Waals surface area contributed by atoms with Crippen molar-refractivity contribution >= 4 is 5.78 Å². The van der Waals surface area contributed by atoms with Crippen molar-refractivity contribution in [3.63, 3.8) is 0 Å². The number of aliphatic hydroxyl groups excluding tert-OH is 1. The number of terminal acetylenes is 1. The van der Waals surface area contributed by atoms with Gasteiger partial charge in [-0.15, -0.1) is 6.42 Å². The van der Waals surface area contributed by atoms with Crippen LogP contribution in [0.4, 0.5) is 0 Å². The molecular weight excluding hydrogens is 128 g/mol. The van der Waals surface area contributed by atoms with Crippen LogP contribution in [0.1, 0.15) is 0 Å². The van der Waals surface area contributed by atoms with E-state index in [2.05, 4.69) is 23.7 Å². The zero-order chi connectivity index (χ0) is 7.82. The third kappa shape index (κ3) is 4.47. The van der Waals surface area contributed by atoms with Crippen LogP contribution in [0.2, 0.25) is 0 Å². The fourth-order valence-electron chi connectivity index (χ4n) is 0.208. The standard InChI is InChI=1S/C8H4O2/c1-2-3-4-5-6-8(10)7-9/h1,9H,7H2. The molecule has 0 aliphatic heterocycles. The molecule has 0 atom stereocenters. The second kappa shape index (κ2) is 5.45. The molecule has 0 rings (SSSR count). The van der Waals surface area contributed by atoms with Crippen LogP contribution in [-0.2, 0) is 4.79 Å². The van der Waals surface area contributed by atoms with Gasteiger partial charge >= 0.3 is 0 Å². The number of Topliss-reactive ketones (excluding diaryl/α,β-unsaturated/α-hetero) is 1. The van der Waals surface area contributed by atoms with Crippen LogP contribution >= 0.6 is 0 Å². The first-order valence-corrected chi connectivity index (χ1v) is 2.41. The van der Waals surface area contributed by atoms with Crippen LogP contribution < -0.4 is 0 Å². The van der Waals surface area contributed by atoms with E-state index < -0.39 is 12.4 Å². The summed E-state index contributed by atoms with van der Waals surface area (Å²) in [7, 11) is 0. The summed E-state index contributed by atoms with van der Waals surface area (Å²) in [6, 6.07) is 0. The lowest BCUT2D eigenvalue weighted by Crippen LogP contribution is -1.97. The third-order valence-electron chi connectivity index (χ3n) is 0.543. The maximum Gasteiger partial charge on any atom is 0.231 e. The molecule has 0 aliphatic carbocycles. The largest absolute Gasteiger partial charge is 0.387 e. The quantitative estimate of drug-likeness (QED) is 0.374. The predicted molar refractivity (Wildman–Crippen MR) is 36.5 cm³/mol. The first-order valence-electron chi connectivity index (χ1n) is 2.41. The Hall–Kier alpha value is -1.69.